The number of rotatable bonds is 6. The Bertz CT molecular complexity index is 1010. The summed E-state index contributed by atoms with van der Waals surface area (Å²) in [5, 5.41) is 4.61. The minimum Gasteiger partial charge on any atom is -0.491 e. The van der Waals surface area contributed by atoms with Crippen LogP contribution in [0.5, 0.6) is 5.75 Å². The summed E-state index contributed by atoms with van der Waals surface area (Å²) in [6, 6.07) is 9.19. The summed E-state index contributed by atoms with van der Waals surface area (Å²) in [6.07, 6.45) is 3.51. The zero-order chi connectivity index (χ0) is 18.7. The van der Waals surface area contributed by atoms with Crippen LogP contribution in [0.2, 0.25) is 5.02 Å². The van der Waals surface area contributed by atoms with Crippen LogP contribution in [0.15, 0.2) is 47.5 Å². The first kappa shape index (κ1) is 18.1. The average molecular weight is 374 g/mol. The van der Waals surface area contributed by atoms with Crippen LogP contribution in [-0.2, 0) is 17.9 Å². The lowest BCUT2D eigenvalue weighted by molar-refractivity contribution is -0.121. The van der Waals surface area contributed by atoms with Crippen LogP contribution in [0, 0.1) is 6.92 Å². The maximum absolute atomic E-state index is 12.2. The van der Waals surface area contributed by atoms with Crippen molar-refractivity contribution in [2.45, 2.75) is 20.0 Å². The number of halogens is 1. The molecule has 0 saturated heterocycles. The number of aromatic nitrogens is 2. The fourth-order valence-corrected chi connectivity index (χ4v) is 3.11. The quantitative estimate of drug-likeness (QED) is 0.722. The lowest BCUT2D eigenvalue weighted by Crippen LogP contribution is -2.31. The number of pyridine rings is 1. The van der Waals surface area contributed by atoms with Crippen molar-refractivity contribution in [3.05, 3.63) is 63.7 Å². The van der Waals surface area contributed by atoms with Gasteiger partial charge in [-0.1, -0.05) is 17.7 Å². The Morgan fingerprint density at radius 1 is 1.27 bits per heavy atom. The number of amides is 1. The van der Waals surface area contributed by atoms with Crippen molar-refractivity contribution >= 4 is 28.4 Å². The molecule has 1 aromatic carbocycles. The van der Waals surface area contributed by atoms with E-state index in [9.17, 15) is 9.59 Å². The Balaban J connectivity index is 1.61. The second-order valence-electron chi connectivity index (χ2n) is 6.01. The van der Waals surface area contributed by atoms with Gasteiger partial charge in [0.15, 0.2) is 5.75 Å². The van der Waals surface area contributed by atoms with Gasteiger partial charge in [-0.3, -0.25) is 9.59 Å². The van der Waals surface area contributed by atoms with Crippen molar-refractivity contribution in [2.24, 2.45) is 0 Å². The minimum absolute atomic E-state index is 0.126. The third kappa shape index (κ3) is 3.75. The number of carbonyl (C=O) groups is 1. The fourth-order valence-electron chi connectivity index (χ4n) is 2.88. The molecule has 0 radical (unpaired) electrons. The van der Waals surface area contributed by atoms with Gasteiger partial charge in [-0.2, -0.15) is 0 Å². The number of fused-ring (bicyclic) bond motifs is 1. The van der Waals surface area contributed by atoms with Crippen molar-refractivity contribution in [2.75, 3.05) is 13.7 Å². The summed E-state index contributed by atoms with van der Waals surface area (Å²) in [4.78, 5) is 23.9. The Morgan fingerprint density at radius 2 is 2.08 bits per heavy atom. The second kappa shape index (κ2) is 7.66. The molecule has 3 aromatic rings. The highest BCUT2D eigenvalue weighted by molar-refractivity contribution is 6.35. The normalized spacial score (nSPS) is 10.9. The maximum Gasteiger partial charge on any atom is 0.239 e. The number of carbonyl (C=O) groups excluding carboxylic acids is 1. The average Bonchev–Trinajstić information content (AvgIpc) is 3.02. The smallest absolute Gasteiger partial charge is 0.239 e. The van der Waals surface area contributed by atoms with Crippen LogP contribution < -0.4 is 15.5 Å². The number of benzene rings is 1. The molecule has 3 rings (SSSR count). The first-order valence-electron chi connectivity index (χ1n) is 8.24. The monoisotopic (exact) mass is 373 g/mol. The van der Waals surface area contributed by atoms with E-state index in [1.165, 1.54) is 13.2 Å². The lowest BCUT2D eigenvalue weighted by Gasteiger charge is -2.13. The molecule has 0 aliphatic rings. The van der Waals surface area contributed by atoms with Crippen molar-refractivity contribution < 1.29 is 9.53 Å². The number of hydrogen-bond acceptors (Lipinski definition) is 3. The van der Waals surface area contributed by atoms with Crippen molar-refractivity contribution in [1.29, 1.82) is 0 Å². The summed E-state index contributed by atoms with van der Waals surface area (Å²) in [5.74, 6) is 0.0902. The molecular formula is C19H20ClN3O3. The highest BCUT2D eigenvalue weighted by atomic mass is 35.5. The molecule has 0 bridgehead atoms. The zero-order valence-corrected chi connectivity index (χ0v) is 15.4. The number of hydrogen-bond donors (Lipinski definition) is 1. The van der Waals surface area contributed by atoms with Crippen LogP contribution in [0.1, 0.15) is 5.69 Å². The van der Waals surface area contributed by atoms with Crippen LogP contribution >= 0.6 is 11.6 Å². The van der Waals surface area contributed by atoms with Gasteiger partial charge < -0.3 is 19.2 Å². The molecule has 0 fully saturated rings. The summed E-state index contributed by atoms with van der Waals surface area (Å²) < 4.78 is 8.77. The molecule has 2 aromatic heterocycles. The predicted molar refractivity (Wildman–Crippen MR) is 102 cm³/mol. The van der Waals surface area contributed by atoms with Gasteiger partial charge in [-0.15, -0.1) is 0 Å². The topological polar surface area (TPSA) is 65.3 Å². The zero-order valence-electron chi connectivity index (χ0n) is 14.7. The Kier molecular flexibility index (Phi) is 5.32. The molecule has 0 unspecified atom stereocenters. The maximum atomic E-state index is 12.2. The first-order chi connectivity index (χ1) is 12.5. The van der Waals surface area contributed by atoms with Crippen LogP contribution in [-0.4, -0.2) is 28.7 Å². The molecule has 136 valence electrons. The molecular weight excluding hydrogens is 354 g/mol. The van der Waals surface area contributed by atoms with Gasteiger partial charge in [-0.05, 0) is 25.1 Å². The highest BCUT2D eigenvalue weighted by Gasteiger charge is 2.08. The van der Waals surface area contributed by atoms with E-state index in [0.29, 0.717) is 23.8 Å². The first-order valence-corrected chi connectivity index (χ1v) is 8.62. The largest absolute Gasteiger partial charge is 0.491 e. The van der Waals surface area contributed by atoms with E-state index in [-0.39, 0.29) is 23.6 Å². The summed E-state index contributed by atoms with van der Waals surface area (Å²) in [6.45, 7) is 3.04. The standard InChI is InChI=1S/C19H20ClN3O3/c1-13-10-17(24)18(26-2)11-23(13)12-19(25)21-7-9-22-8-6-14-15(20)4-3-5-16(14)22/h3-6,8,10-11H,7,9,12H2,1-2H3,(H,21,25). The Labute approximate surface area is 155 Å². The van der Waals surface area contributed by atoms with Gasteiger partial charge in [0.1, 0.15) is 6.54 Å². The molecule has 0 aliphatic carbocycles. The Morgan fingerprint density at radius 3 is 2.85 bits per heavy atom. The van der Waals surface area contributed by atoms with E-state index < -0.39 is 0 Å². The van der Waals surface area contributed by atoms with Gasteiger partial charge in [0.2, 0.25) is 11.3 Å². The number of ether oxygens (including phenoxy) is 1. The SMILES string of the molecule is COc1cn(CC(=O)NCCn2ccc3c(Cl)cccc32)c(C)cc1=O. The van der Waals surface area contributed by atoms with E-state index in [2.05, 4.69) is 9.88 Å². The number of methoxy groups -OCH3 is 1. The van der Waals surface area contributed by atoms with Gasteiger partial charge in [0.25, 0.3) is 0 Å². The lowest BCUT2D eigenvalue weighted by atomic mass is 10.2. The van der Waals surface area contributed by atoms with Gasteiger partial charge in [0.05, 0.1) is 13.3 Å². The van der Waals surface area contributed by atoms with E-state index in [4.69, 9.17) is 16.3 Å². The van der Waals surface area contributed by atoms with E-state index in [0.717, 1.165) is 10.9 Å². The van der Waals surface area contributed by atoms with E-state index in [1.807, 2.05) is 30.5 Å². The molecule has 0 saturated carbocycles. The molecule has 0 spiro atoms. The predicted octanol–water partition coefficient (Wildman–Crippen LogP) is 2.59. The molecule has 1 N–H and O–H groups in total. The van der Waals surface area contributed by atoms with Crippen molar-refractivity contribution in [1.82, 2.24) is 14.5 Å². The van der Waals surface area contributed by atoms with Crippen LogP contribution in [0.4, 0.5) is 0 Å². The van der Waals surface area contributed by atoms with Gasteiger partial charge >= 0.3 is 0 Å². The van der Waals surface area contributed by atoms with Gasteiger partial charge in [0, 0.05) is 47.0 Å². The van der Waals surface area contributed by atoms with Crippen LogP contribution in [0.3, 0.4) is 0 Å². The molecule has 2 heterocycles. The summed E-state index contributed by atoms with van der Waals surface area (Å²) >= 11 is 6.18. The summed E-state index contributed by atoms with van der Waals surface area (Å²) in [7, 11) is 1.43. The molecule has 6 nitrogen and oxygen atoms in total. The van der Waals surface area contributed by atoms with Crippen LogP contribution in [0.25, 0.3) is 10.9 Å². The number of aryl methyl sites for hydroxylation is 1. The van der Waals surface area contributed by atoms with E-state index in [1.54, 1.807) is 17.7 Å². The summed E-state index contributed by atoms with van der Waals surface area (Å²) in [5.41, 5.74) is 1.55. The highest BCUT2D eigenvalue weighted by Crippen LogP contribution is 2.23. The van der Waals surface area contributed by atoms with Crippen molar-refractivity contribution in [3.8, 4) is 5.75 Å². The van der Waals surface area contributed by atoms with E-state index >= 15 is 0 Å². The third-order valence-corrected chi connectivity index (χ3v) is 4.61. The van der Waals surface area contributed by atoms with Gasteiger partial charge in [-0.25, -0.2) is 0 Å². The third-order valence-electron chi connectivity index (χ3n) is 4.28. The molecule has 26 heavy (non-hydrogen) atoms. The molecule has 1 amide bonds. The molecule has 7 heteroatoms. The molecule has 0 atom stereocenters. The molecule has 0 aliphatic heterocycles. The second-order valence-corrected chi connectivity index (χ2v) is 6.41. The fraction of sp³-hybridized carbons (Fsp3) is 0.263. The minimum atomic E-state index is -0.195. The number of nitrogens with one attached hydrogen (secondary N) is 1. The van der Waals surface area contributed by atoms with Crippen molar-refractivity contribution in [3.63, 3.8) is 0 Å². The number of nitrogens with zero attached hydrogens (tertiary/aromatic N) is 2. The Hall–Kier alpha value is -2.73.